The van der Waals surface area contributed by atoms with Gasteiger partial charge in [-0.2, -0.15) is 0 Å². The summed E-state index contributed by atoms with van der Waals surface area (Å²) in [5.41, 5.74) is 0. The van der Waals surface area contributed by atoms with E-state index in [1.807, 2.05) is 4.68 Å². The van der Waals surface area contributed by atoms with Crippen molar-refractivity contribution in [1.82, 2.24) is 20.2 Å². The van der Waals surface area contributed by atoms with Gasteiger partial charge in [0.1, 0.15) is 0 Å². The fourth-order valence-corrected chi connectivity index (χ4v) is 2.38. The number of aromatic nitrogens is 4. The van der Waals surface area contributed by atoms with Crippen LogP contribution in [0, 0.1) is 5.92 Å². The molecule has 2 atom stereocenters. The van der Waals surface area contributed by atoms with Gasteiger partial charge in [0.2, 0.25) is 0 Å². The average molecular weight is 215 g/mol. The molecule has 5 heteroatoms. The van der Waals surface area contributed by atoms with Crippen LogP contribution < -0.4 is 0 Å². The molecule has 78 valence electrons. The lowest BCUT2D eigenvalue weighted by molar-refractivity contribution is 0.260. The molecule has 0 N–H and O–H groups in total. The molecule has 4 nitrogen and oxygen atoms in total. The quantitative estimate of drug-likeness (QED) is 0.709. The SMILES string of the molecule is CC1CCCC(n2nnnc2CCl)C1. The third-order valence-corrected chi connectivity index (χ3v) is 3.17. The van der Waals surface area contributed by atoms with Gasteiger partial charge in [0, 0.05) is 0 Å². The molecule has 2 unspecified atom stereocenters. The van der Waals surface area contributed by atoms with E-state index in [0.29, 0.717) is 11.9 Å². The summed E-state index contributed by atoms with van der Waals surface area (Å²) in [6, 6.07) is 0.461. The van der Waals surface area contributed by atoms with Crippen molar-refractivity contribution in [2.75, 3.05) is 0 Å². The number of halogens is 1. The lowest BCUT2D eigenvalue weighted by Crippen LogP contribution is -2.20. The Morgan fingerprint density at radius 1 is 1.50 bits per heavy atom. The fourth-order valence-electron chi connectivity index (χ4n) is 2.21. The van der Waals surface area contributed by atoms with Gasteiger partial charge in [-0.3, -0.25) is 0 Å². The average Bonchev–Trinajstić information content (AvgIpc) is 2.65. The zero-order valence-corrected chi connectivity index (χ0v) is 9.11. The van der Waals surface area contributed by atoms with Crippen molar-refractivity contribution >= 4 is 11.6 Å². The standard InChI is InChI=1S/C9H15ClN4/c1-7-3-2-4-8(5-7)14-9(6-10)11-12-13-14/h7-8H,2-6H2,1H3. The molecule has 0 aromatic carbocycles. The van der Waals surface area contributed by atoms with Gasteiger partial charge in [-0.15, -0.1) is 16.7 Å². The van der Waals surface area contributed by atoms with Crippen molar-refractivity contribution in [2.24, 2.45) is 5.92 Å². The monoisotopic (exact) mass is 214 g/mol. The second-order valence-electron chi connectivity index (χ2n) is 4.10. The molecule has 1 aromatic rings. The molecule has 2 rings (SSSR count). The molecule has 0 radical (unpaired) electrons. The molecule has 0 spiro atoms. The van der Waals surface area contributed by atoms with E-state index in [0.717, 1.165) is 11.7 Å². The van der Waals surface area contributed by atoms with Crippen molar-refractivity contribution < 1.29 is 0 Å². The Balaban J connectivity index is 2.13. The Morgan fingerprint density at radius 2 is 2.36 bits per heavy atom. The van der Waals surface area contributed by atoms with E-state index >= 15 is 0 Å². The van der Waals surface area contributed by atoms with Crippen LogP contribution in [0.5, 0.6) is 0 Å². The molecule has 1 aromatic heterocycles. The summed E-state index contributed by atoms with van der Waals surface area (Å²) in [6.07, 6.45) is 4.95. The van der Waals surface area contributed by atoms with E-state index in [1.165, 1.54) is 25.7 Å². The Hall–Kier alpha value is -0.640. The Morgan fingerprint density at radius 3 is 3.07 bits per heavy atom. The molecule has 0 saturated heterocycles. The smallest absolute Gasteiger partial charge is 0.166 e. The topological polar surface area (TPSA) is 43.6 Å². The van der Waals surface area contributed by atoms with E-state index in [9.17, 15) is 0 Å². The molecule has 1 heterocycles. The van der Waals surface area contributed by atoms with Crippen molar-refractivity contribution in [1.29, 1.82) is 0 Å². The van der Waals surface area contributed by atoms with E-state index < -0.39 is 0 Å². The first-order chi connectivity index (χ1) is 6.81. The first kappa shape index (κ1) is 9.90. The number of alkyl halides is 1. The minimum Gasteiger partial charge on any atom is -0.225 e. The normalized spacial score (nSPS) is 27.9. The maximum absolute atomic E-state index is 5.77. The third kappa shape index (κ3) is 1.90. The third-order valence-electron chi connectivity index (χ3n) is 2.94. The zero-order valence-electron chi connectivity index (χ0n) is 8.36. The van der Waals surface area contributed by atoms with Crippen LogP contribution in [0.4, 0.5) is 0 Å². The highest BCUT2D eigenvalue weighted by Gasteiger charge is 2.23. The number of tetrazole rings is 1. The Labute approximate surface area is 88.6 Å². The van der Waals surface area contributed by atoms with Crippen molar-refractivity contribution in [3.63, 3.8) is 0 Å². The number of rotatable bonds is 2. The molecule has 0 aliphatic heterocycles. The molecule has 0 bridgehead atoms. The summed E-state index contributed by atoms with van der Waals surface area (Å²) in [7, 11) is 0. The highest BCUT2D eigenvalue weighted by Crippen LogP contribution is 2.31. The van der Waals surface area contributed by atoms with E-state index in [1.54, 1.807) is 0 Å². The summed E-state index contributed by atoms with van der Waals surface area (Å²) in [5.74, 6) is 1.98. The summed E-state index contributed by atoms with van der Waals surface area (Å²) in [4.78, 5) is 0. The number of hydrogen-bond donors (Lipinski definition) is 0. The minimum atomic E-state index is 0.401. The van der Waals surface area contributed by atoms with Gasteiger partial charge in [0.15, 0.2) is 5.82 Å². The molecular weight excluding hydrogens is 200 g/mol. The van der Waals surface area contributed by atoms with Crippen LogP contribution in [0.15, 0.2) is 0 Å². The van der Waals surface area contributed by atoms with Crippen LogP contribution >= 0.6 is 11.6 Å². The molecule has 1 aliphatic rings. The number of nitrogens with zero attached hydrogens (tertiary/aromatic N) is 4. The van der Waals surface area contributed by atoms with Crippen LogP contribution in [-0.2, 0) is 5.88 Å². The first-order valence-electron chi connectivity index (χ1n) is 5.14. The van der Waals surface area contributed by atoms with Gasteiger partial charge < -0.3 is 0 Å². The second kappa shape index (κ2) is 4.26. The summed E-state index contributed by atoms with van der Waals surface area (Å²) in [6.45, 7) is 2.29. The van der Waals surface area contributed by atoms with Crippen LogP contribution in [0.3, 0.4) is 0 Å². The lowest BCUT2D eigenvalue weighted by atomic mass is 9.87. The van der Waals surface area contributed by atoms with Crippen molar-refractivity contribution in [3.8, 4) is 0 Å². The summed E-state index contributed by atoms with van der Waals surface area (Å²) >= 11 is 5.77. The minimum absolute atomic E-state index is 0.401. The molecule has 1 fully saturated rings. The predicted molar refractivity (Wildman–Crippen MR) is 54.0 cm³/mol. The van der Waals surface area contributed by atoms with E-state index in [4.69, 9.17) is 11.6 Å². The molecular formula is C9H15ClN4. The Kier molecular flexibility index (Phi) is 3.01. The predicted octanol–water partition coefficient (Wildman–Crippen LogP) is 2.16. The molecule has 0 amide bonds. The van der Waals surface area contributed by atoms with Gasteiger partial charge >= 0.3 is 0 Å². The lowest BCUT2D eigenvalue weighted by Gasteiger charge is -2.26. The van der Waals surface area contributed by atoms with Gasteiger partial charge in [-0.05, 0) is 29.2 Å². The van der Waals surface area contributed by atoms with Gasteiger partial charge in [0.25, 0.3) is 0 Å². The highest BCUT2D eigenvalue weighted by molar-refractivity contribution is 6.16. The summed E-state index contributed by atoms with van der Waals surface area (Å²) in [5, 5.41) is 11.6. The van der Waals surface area contributed by atoms with Crippen LogP contribution in [0.1, 0.15) is 44.5 Å². The molecule has 1 aliphatic carbocycles. The molecule has 14 heavy (non-hydrogen) atoms. The van der Waals surface area contributed by atoms with Gasteiger partial charge in [-0.1, -0.05) is 19.8 Å². The number of hydrogen-bond acceptors (Lipinski definition) is 3. The summed E-state index contributed by atoms with van der Waals surface area (Å²) < 4.78 is 1.91. The molecule has 1 saturated carbocycles. The largest absolute Gasteiger partial charge is 0.225 e. The fraction of sp³-hybridized carbons (Fsp3) is 0.889. The first-order valence-corrected chi connectivity index (χ1v) is 5.67. The van der Waals surface area contributed by atoms with Crippen molar-refractivity contribution in [3.05, 3.63) is 5.82 Å². The van der Waals surface area contributed by atoms with E-state index in [2.05, 4.69) is 22.4 Å². The second-order valence-corrected chi connectivity index (χ2v) is 4.37. The van der Waals surface area contributed by atoms with E-state index in [-0.39, 0.29) is 0 Å². The van der Waals surface area contributed by atoms with Crippen molar-refractivity contribution in [2.45, 2.75) is 44.5 Å². The van der Waals surface area contributed by atoms with Gasteiger partial charge in [0.05, 0.1) is 11.9 Å². The Bertz CT molecular complexity index is 299. The van der Waals surface area contributed by atoms with Crippen LogP contribution in [-0.4, -0.2) is 20.2 Å². The maximum atomic E-state index is 5.77. The van der Waals surface area contributed by atoms with Gasteiger partial charge in [-0.25, -0.2) is 4.68 Å². The maximum Gasteiger partial charge on any atom is 0.166 e. The van der Waals surface area contributed by atoms with Crippen LogP contribution in [0.25, 0.3) is 0 Å². The zero-order chi connectivity index (χ0) is 9.97. The highest BCUT2D eigenvalue weighted by atomic mass is 35.5. The van der Waals surface area contributed by atoms with Crippen LogP contribution in [0.2, 0.25) is 0 Å².